The maximum Gasteiger partial charge on any atom is 0.255 e. The number of imide groups is 1. The second-order valence-electron chi connectivity index (χ2n) is 6.44. The molecule has 2 rings (SSSR count). The highest BCUT2D eigenvalue weighted by atomic mass is 79.9. The van der Waals surface area contributed by atoms with E-state index < -0.39 is 22.1 Å². The minimum Gasteiger partial charge on any atom is -0.272 e. The summed E-state index contributed by atoms with van der Waals surface area (Å²) in [5, 5.41) is 0.875. The molecule has 3 atom stereocenters. The molecular weight excluding hydrogens is 360 g/mol. The Morgan fingerprint density at radius 2 is 1.78 bits per heavy atom. The van der Waals surface area contributed by atoms with Gasteiger partial charge >= 0.3 is 0 Å². The summed E-state index contributed by atoms with van der Waals surface area (Å²) in [6.45, 7) is 6.97. The maximum atomic E-state index is 12.7. The first kappa shape index (κ1) is 17.7. The van der Waals surface area contributed by atoms with Crippen molar-refractivity contribution in [1.82, 2.24) is 10.4 Å². The topological polar surface area (TPSA) is 66.5 Å². The summed E-state index contributed by atoms with van der Waals surface area (Å²) in [6.07, 6.45) is 0. The molecule has 1 heterocycles. The van der Waals surface area contributed by atoms with Crippen LogP contribution in [0.4, 0.5) is 0 Å². The van der Waals surface area contributed by atoms with Crippen LogP contribution in [0.15, 0.2) is 30.3 Å². The molecule has 0 spiro atoms. The lowest BCUT2D eigenvalue weighted by atomic mass is 9.81. The number of benzene rings is 1. The average Bonchev–Trinajstić information content (AvgIpc) is 2.70. The zero-order valence-electron chi connectivity index (χ0n) is 13.7. The number of halogens is 1. The Balaban J connectivity index is 2.23. The summed E-state index contributed by atoms with van der Waals surface area (Å²) in [5.74, 6) is -2.22. The highest BCUT2D eigenvalue weighted by Gasteiger charge is 2.49. The van der Waals surface area contributed by atoms with E-state index in [0.29, 0.717) is 0 Å². The second-order valence-corrected chi connectivity index (χ2v) is 8.42. The van der Waals surface area contributed by atoms with Gasteiger partial charge in [-0.2, -0.15) is 5.01 Å². The Kier molecular flexibility index (Phi) is 4.94. The van der Waals surface area contributed by atoms with Gasteiger partial charge in [-0.15, -0.1) is 0 Å². The zero-order valence-corrected chi connectivity index (χ0v) is 15.3. The number of carbonyl (C=O) groups excluding carboxylic acids is 3. The predicted molar refractivity (Wildman–Crippen MR) is 90.5 cm³/mol. The van der Waals surface area contributed by atoms with Gasteiger partial charge in [-0.05, 0) is 25.3 Å². The minimum absolute atomic E-state index is 0.110. The normalized spacial score (nSPS) is 23.1. The van der Waals surface area contributed by atoms with Crippen LogP contribution in [0, 0.1) is 11.8 Å². The molecule has 1 N–H and O–H groups in total. The highest BCUT2D eigenvalue weighted by molar-refractivity contribution is 9.10. The Morgan fingerprint density at radius 3 is 2.30 bits per heavy atom. The number of rotatable bonds is 4. The predicted octanol–water partition coefficient (Wildman–Crippen LogP) is 2.62. The number of carbonyl (C=O) groups is 3. The van der Waals surface area contributed by atoms with E-state index in [2.05, 4.69) is 21.4 Å². The lowest BCUT2D eigenvalue weighted by molar-refractivity contribution is -0.149. The van der Waals surface area contributed by atoms with Crippen molar-refractivity contribution in [2.45, 2.75) is 37.9 Å². The van der Waals surface area contributed by atoms with Gasteiger partial charge in [-0.3, -0.25) is 19.8 Å². The average molecular weight is 381 g/mol. The lowest BCUT2D eigenvalue weighted by Gasteiger charge is -2.23. The van der Waals surface area contributed by atoms with Crippen LogP contribution >= 0.6 is 15.9 Å². The second kappa shape index (κ2) is 6.43. The summed E-state index contributed by atoms with van der Waals surface area (Å²) < 4.78 is -0.861. The number of nitrogens with zero attached hydrogens (tertiary/aromatic N) is 1. The molecule has 1 aromatic carbocycles. The first-order valence-corrected chi connectivity index (χ1v) is 8.36. The van der Waals surface area contributed by atoms with Crippen LogP contribution in [0.3, 0.4) is 0 Å². The molecule has 6 heteroatoms. The van der Waals surface area contributed by atoms with Gasteiger partial charge in [0.05, 0.1) is 5.92 Å². The van der Waals surface area contributed by atoms with Gasteiger partial charge in [-0.1, -0.05) is 60.1 Å². The fourth-order valence-electron chi connectivity index (χ4n) is 2.78. The van der Waals surface area contributed by atoms with Gasteiger partial charge < -0.3 is 0 Å². The third-order valence-corrected chi connectivity index (χ3v) is 4.63. The minimum atomic E-state index is -0.861. The number of hydrazine groups is 1. The van der Waals surface area contributed by atoms with E-state index in [4.69, 9.17) is 0 Å². The Bertz CT molecular complexity index is 624. The van der Waals surface area contributed by atoms with Crippen LogP contribution in [0.2, 0.25) is 0 Å². The van der Waals surface area contributed by atoms with Crippen LogP contribution in [0.1, 0.15) is 39.2 Å². The molecule has 5 nitrogen and oxygen atoms in total. The van der Waals surface area contributed by atoms with E-state index in [1.165, 1.54) is 0 Å². The molecule has 3 amide bonds. The van der Waals surface area contributed by atoms with Gasteiger partial charge in [0, 0.05) is 5.92 Å². The standard InChI is InChI=1S/C17H21BrN2O3/c1-10(12-8-6-5-7-9-12)13-11(2)14(21)20(15(13)22)19-16(23)17(3,4)18/h5-11,13H,1-4H3,(H,19,23). The molecule has 1 fully saturated rings. The molecule has 0 aliphatic carbocycles. The van der Waals surface area contributed by atoms with Crippen molar-refractivity contribution < 1.29 is 14.4 Å². The van der Waals surface area contributed by atoms with E-state index in [1.807, 2.05) is 37.3 Å². The number of hydrogen-bond acceptors (Lipinski definition) is 3. The van der Waals surface area contributed by atoms with Crippen LogP contribution < -0.4 is 5.43 Å². The van der Waals surface area contributed by atoms with Gasteiger partial charge in [0.1, 0.15) is 4.32 Å². The molecule has 1 aliphatic heterocycles. The number of alkyl halides is 1. The van der Waals surface area contributed by atoms with Crippen molar-refractivity contribution in [2.24, 2.45) is 11.8 Å². The quantitative estimate of drug-likeness (QED) is 0.644. The molecule has 124 valence electrons. The van der Waals surface area contributed by atoms with Gasteiger partial charge in [0.15, 0.2) is 0 Å². The lowest BCUT2D eigenvalue weighted by Crippen LogP contribution is -2.51. The molecule has 3 unspecified atom stereocenters. The largest absolute Gasteiger partial charge is 0.272 e. The van der Waals surface area contributed by atoms with Crippen molar-refractivity contribution in [3.05, 3.63) is 35.9 Å². The molecule has 1 saturated heterocycles. The molecule has 1 aliphatic rings. The SMILES string of the molecule is CC1C(=O)N(NC(=O)C(C)(C)Br)C(=O)C1C(C)c1ccccc1. The smallest absolute Gasteiger partial charge is 0.255 e. The summed E-state index contributed by atoms with van der Waals surface area (Å²) in [5.41, 5.74) is 3.43. The van der Waals surface area contributed by atoms with Crippen LogP contribution in [-0.2, 0) is 14.4 Å². The van der Waals surface area contributed by atoms with E-state index in [0.717, 1.165) is 10.6 Å². The number of nitrogens with one attached hydrogen (secondary N) is 1. The third-order valence-electron chi connectivity index (χ3n) is 4.27. The first-order valence-electron chi connectivity index (χ1n) is 7.57. The van der Waals surface area contributed by atoms with Crippen LogP contribution in [-0.4, -0.2) is 27.1 Å². The van der Waals surface area contributed by atoms with E-state index >= 15 is 0 Å². The number of hydrogen-bond donors (Lipinski definition) is 1. The van der Waals surface area contributed by atoms with E-state index in [1.54, 1.807) is 20.8 Å². The molecule has 23 heavy (non-hydrogen) atoms. The Morgan fingerprint density at radius 1 is 1.22 bits per heavy atom. The van der Waals surface area contributed by atoms with Crippen LogP contribution in [0.25, 0.3) is 0 Å². The van der Waals surface area contributed by atoms with Gasteiger partial charge in [-0.25, -0.2) is 0 Å². The third kappa shape index (κ3) is 3.47. The molecule has 0 bridgehead atoms. The molecular formula is C17H21BrN2O3. The zero-order chi connectivity index (χ0) is 17.4. The van der Waals surface area contributed by atoms with Gasteiger partial charge in [0.2, 0.25) is 0 Å². The summed E-state index contributed by atoms with van der Waals surface area (Å²) in [7, 11) is 0. The van der Waals surface area contributed by atoms with Gasteiger partial charge in [0.25, 0.3) is 17.7 Å². The summed E-state index contributed by atoms with van der Waals surface area (Å²) >= 11 is 3.23. The number of amides is 3. The summed E-state index contributed by atoms with van der Waals surface area (Å²) in [4.78, 5) is 37.1. The Hall–Kier alpha value is -1.69. The molecule has 0 saturated carbocycles. The van der Waals surface area contributed by atoms with Crippen molar-refractivity contribution >= 4 is 33.7 Å². The van der Waals surface area contributed by atoms with E-state index in [9.17, 15) is 14.4 Å². The Labute approximate surface area is 144 Å². The van der Waals surface area contributed by atoms with Crippen molar-refractivity contribution in [3.63, 3.8) is 0 Å². The maximum absolute atomic E-state index is 12.7. The van der Waals surface area contributed by atoms with Crippen molar-refractivity contribution in [2.75, 3.05) is 0 Å². The molecule has 0 radical (unpaired) electrons. The van der Waals surface area contributed by atoms with Crippen molar-refractivity contribution in [3.8, 4) is 0 Å². The van der Waals surface area contributed by atoms with Crippen molar-refractivity contribution in [1.29, 1.82) is 0 Å². The fourth-order valence-corrected chi connectivity index (χ4v) is 2.87. The fraction of sp³-hybridized carbons (Fsp3) is 0.471. The van der Waals surface area contributed by atoms with Crippen LogP contribution in [0.5, 0.6) is 0 Å². The van der Waals surface area contributed by atoms with E-state index in [-0.39, 0.29) is 17.7 Å². The molecule has 0 aromatic heterocycles. The summed E-state index contributed by atoms with van der Waals surface area (Å²) in [6, 6.07) is 9.61. The monoisotopic (exact) mass is 380 g/mol. The highest BCUT2D eigenvalue weighted by Crippen LogP contribution is 2.36. The molecule has 1 aromatic rings. The first-order chi connectivity index (χ1) is 10.6.